The van der Waals surface area contributed by atoms with Gasteiger partial charge in [-0.05, 0) is 44.7 Å². The Labute approximate surface area is 112 Å². The minimum Gasteiger partial charge on any atom is -0.478 e. The maximum Gasteiger partial charge on any atom is 0.348 e. The van der Waals surface area contributed by atoms with Gasteiger partial charge in [-0.3, -0.25) is 4.79 Å². The van der Waals surface area contributed by atoms with Crippen LogP contribution in [0.5, 0.6) is 5.75 Å². The van der Waals surface area contributed by atoms with Crippen molar-refractivity contribution in [3.8, 4) is 5.75 Å². The summed E-state index contributed by atoms with van der Waals surface area (Å²) in [6.45, 7) is 1.48. The third-order valence-electron chi connectivity index (χ3n) is 3.60. The highest BCUT2D eigenvalue weighted by Crippen LogP contribution is 2.33. The molecule has 19 heavy (non-hydrogen) atoms. The standard InChI is InChI=1S/C15H18O4/c1-11(16)12-6-5-7-13(10-12)19-15(14(17)18)8-3-2-4-9-15/h5-7,10H,2-4,8-9H2,1H3,(H,17,18). The molecule has 0 amide bonds. The van der Waals surface area contributed by atoms with E-state index in [0.717, 1.165) is 19.3 Å². The van der Waals surface area contributed by atoms with E-state index in [1.165, 1.54) is 6.92 Å². The number of rotatable bonds is 4. The van der Waals surface area contributed by atoms with E-state index in [2.05, 4.69) is 0 Å². The Morgan fingerprint density at radius 3 is 2.47 bits per heavy atom. The molecule has 4 nitrogen and oxygen atoms in total. The lowest BCUT2D eigenvalue weighted by Gasteiger charge is -2.33. The first-order valence-electron chi connectivity index (χ1n) is 6.57. The molecule has 0 aromatic heterocycles. The molecule has 1 aliphatic rings. The van der Waals surface area contributed by atoms with Crippen LogP contribution in [0.4, 0.5) is 0 Å². The zero-order valence-electron chi connectivity index (χ0n) is 11.0. The molecule has 0 heterocycles. The highest BCUT2D eigenvalue weighted by Gasteiger charge is 2.42. The number of hydrogen-bond donors (Lipinski definition) is 1. The molecule has 2 rings (SSSR count). The van der Waals surface area contributed by atoms with Gasteiger partial charge in [0.1, 0.15) is 5.75 Å². The monoisotopic (exact) mass is 262 g/mol. The van der Waals surface area contributed by atoms with Crippen molar-refractivity contribution in [2.45, 2.75) is 44.6 Å². The zero-order valence-corrected chi connectivity index (χ0v) is 11.0. The summed E-state index contributed by atoms with van der Waals surface area (Å²) in [5.74, 6) is -0.518. The van der Waals surface area contributed by atoms with Crippen molar-refractivity contribution in [3.63, 3.8) is 0 Å². The number of carboxylic acid groups (broad SMARTS) is 1. The molecule has 1 N–H and O–H groups in total. The van der Waals surface area contributed by atoms with Crippen LogP contribution in [0.25, 0.3) is 0 Å². The minimum atomic E-state index is -1.13. The molecule has 0 spiro atoms. The number of carbonyl (C=O) groups is 2. The highest BCUT2D eigenvalue weighted by atomic mass is 16.5. The van der Waals surface area contributed by atoms with Crippen molar-refractivity contribution in [2.75, 3.05) is 0 Å². The van der Waals surface area contributed by atoms with Crippen LogP contribution in [0, 0.1) is 0 Å². The van der Waals surface area contributed by atoms with E-state index in [9.17, 15) is 14.7 Å². The molecule has 0 atom stereocenters. The molecule has 1 fully saturated rings. The second kappa shape index (κ2) is 5.43. The summed E-state index contributed by atoms with van der Waals surface area (Å²) in [5.41, 5.74) is -0.595. The van der Waals surface area contributed by atoms with E-state index in [-0.39, 0.29) is 5.78 Å². The topological polar surface area (TPSA) is 63.6 Å². The molecule has 0 saturated heterocycles. The Morgan fingerprint density at radius 1 is 1.21 bits per heavy atom. The molecule has 1 saturated carbocycles. The lowest BCUT2D eigenvalue weighted by atomic mass is 9.84. The predicted octanol–water partition coefficient (Wildman–Crippen LogP) is 3.06. The number of aliphatic carboxylic acids is 1. The summed E-state index contributed by atoms with van der Waals surface area (Å²) in [7, 11) is 0. The minimum absolute atomic E-state index is 0.0570. The normalized spacial score (nSPS) is 17.7. The summed E-state index contributed by atoms with van der Waals surface area (Å²) < 4.78 is 5.74. The number of carboxylic acids is 1. The van der Waals surface area contributed by atoms with Crippen LogP contribution in [0.2, 0.25) is 0 Å². The van der Waals surface area contributed by atoms with Gasteiger partial charge in [0.05, 0.1) is 0 Å². The van der Waals surface area contributed by atoms with E-state index < -0.39 is 11.6 Å². The van der Waals surface area contributed by atoms with Gasteiger partial charge in [0.25, 0.3) is 0 Å². The van der Waals surface area contributed by atoms with Crippen LogP contribution >= 0.6 is 0 Å². The first-order chi connectivity index (χ1) is 9.03. The van der Waals surface area contributed by atoms with Crippen molar-refractivity contribution < 1.29 is 19.4 Å². The van der Waals surface area contributed by atoms with E-state index in [1.807, 2.05) is 0 Å². The van der Waals surface area contributed by atoms with Crippen molar-refractivity contribution >= 4 is 11.8 Å². The average Bonchev–Trinajstić information content (AvgIpc) is 2.40. The second-order valence-corrected chi connectivity index (χ2v) is 5.05. The third kappa shape index (κ3) is 2.95. The predicted molar refractivity (Wildman–Crippen MR) is 70.5 cm³/mol. The second-order valence-electron chi connectivity index (χ2n) is 5.05. The van der Waals surface area contributed by atoms with Gasteiger partial charge in [0.2, 0.25) is 5.60 Å². The maximum absolute atomic E-state index is 11.5. The van der Waals surface area contributed by atoms with Crippen LogP contribution in [0.3, 0.4) is 0 Å². The number of ether oxygens (including phenoxy) is 1. The Morgan fingerprint density at radius 2 is 1.89 bits per heavy atom. The van der Waals surface area contributed by atoms with Crippen molar-refractivity contribution in [3.05, 3.63) is 29.8 Å². The molecule has 1 aromatic rings. The zero-order chi connectivity index (χ0) is 13.9. The number of benzene rings is 1. The van der Waals surface area contributed by atoms with E-state index in [1.54, 1.807) is 24.3 Å². The smallest absolute Gasteiger partial charge is 0.348 e. The fraction of sp³-hybridized carbons (Fsp3) is 0.467. The molecule has 102 valence electrons. The Bertz CT molecular complexity index is 487. The van der Waals surface area contributed by atoms with E-state index in [4.69, 9.17) is 4.74 Å². The van der Waals surface area contributed by atoms with Gasteiger partial charge in [-0.2, -0.15) is 0 Å². The average molecular weight is 262 g/mol. The number of carbonyl (C=O) groups excluding carboxylic acids is 1. The van der Waals surface area contributed by atoms with Crippen molar-refractivity contribution in [1.29, 1.82) is 0 Å². The van der Waals surface area contributed by atoms with Gasteiger partial charge in [-0.1, -0.05) is 18.6 Å². The summed E-state index contributed by atoms with van der Waals surface area (Å²) in [6, 6.07) is 6.72. The van der Waals surface area contributed by atoms with Crippen LogP contribution < -0.4 is 4.74 Å². The van der Waals surface area contributed by atoms with Crippen LogP contribution in [0.1, 0.15) is 49.4 Å². The maximum atomic E-state index is 11.5. The molecule has 1 aliphatic carbocycles. The quantitative estimate of drug-likeness (QED) is 0.847. The molecule has 0 bridgehead atoms. The van der Waals surface area contributed by atoms with E-state index >= 15 is 0 Å². The Kier molecular flexibility index (Phi) is 3.88. The molecule has 0 aliphatic heterocycles. The Hall–Kier alpha value is -1.84. The number of ketones is 1. The Balaban J connectivity index is 2.24. The van der Waals surface area contributed by atoms with Crippen LogP contribution in [-0.2, 0) is 4.79 Å². The van der Waals surface area contributed by atoms with Crippen molar-refractivity contribution in [1.82, 2.24) is 0 Å². The molecule has 4 heteroatoms. The molecular weight excluding hydrogens is 244 g/mol. The molecule has 1 aromatic carbocycles. The molecule has 0 unspecified atom stereocenters. The lowest BCUT2D eigenvalue weighted by Crippen LogP contribution is -2.46. The summed E-state index contributed by atoms with van der Waals surface area (Å²) in [5, 5.41) is 9.44. The third-order valence-corrected chi connectivity index (χ3v) is 3.60. The van der Waals surface area contributed by atoms with Gasteiger partial charge in [0.15, 0.2) is 5.78 Å². The van der Waals surface area contributed by atoms with Crippen LogP contribution in [0.15, 0.2) is 24.3 Å². The first kappa shape index (κ1) is 13.6. The largest absolute Gasteiger partial charge is 0.478 e. The van der Waals surface area contributed by atoms with E-state index in [0.29, 0.717) is 24.2 Å². The molecular formula is C15H18O4. The van der Waals surface area contributed by atoms with Crippen molar-refractivity contribution in [2.24, 2.45) is 0 Å². The first-order valence-corrected chi connectivity index (χ1v) is 6.57. The summed E-state index contributed by atoms with van der Waals surface area (Å²) in [4.78, 5) is 22.8. The number of Topliss-reactive ketones (excluding diaryl/α,β-unsaturated/α-hetero) is 1. The SMILES string of the molecule is CC(=O)c1cccc(OC2(C(=O)O)CCCCC2)c1. The van der Waals surface area contributed by atoms with Gasteiger partial charge in [-0.15, -0.1) is 0 Å². The fourth-order valence-electron chi connectivity index (χ4n) is 2.49. The van der Waals surface area contributed by atoms with Gasteiger partial charge in [-0.25, -0.2) is 4.79 Å². The number of hydrogen-bond acceptors (Lipinski definition) is 3. The van der Waals surface area contributed by atoms with Gasteiger partial charge < -0.3 is 9.84 Å². The summed E-state index contributed by atoms with van der Waals surface area (Å²) in [6.07, 6.45) is 3.81. The van der Waals surface area contributed by atoms with Crippen LogP contribution in [-0.4, -0.2) is 22.5 Å². The molecule has 0 radical (unpaired) electrons. The van der Waals surface area contributed by atoms with Gasteiger partial charge >= 0.3 is 5.97 Å². The highest BCUT2D eigenvalue weighted by molar-refractivity contribution is 5.94. The van der Waals surface area contributed by atoms with Gasteiger partial charge in [0, 0.05) is 5.56 Å². The lowest BCUT2D eigenvalue weighted by molar-refractivity contribution is -0.158. The summed E-state index contributed by atoms with van der Waals surface area (Å²) >= 11 is 0. The fourth-order valence-corrected chi connectivity index (χ4v) is 2.49.